The van der Waals surface area contributed by atoms with E-state index in [-0.39, 0.29) is 71.9 Å². The topological polar surface area (TPSA) is 182 Å². The van der Waals surface area contributed by atoms with Crippen LogP contribution in [-0.2, 0) is 36.7 Å². The lowest BCUT2D eigenvalue weighted by atomic mass is 9.87. The van der Waals surface area contributed by atoms with Gasteiger partial charge in [0, 0.05) is 60.0 Å². The van der Waals surface area contributed by atoms with Crippen molar-refractivity contribution in [3.05, 3.63) is 171 Å². The molecule has 2 aromatic heterocycles. The Labute approximate surface area is 363 Å². The van der Waals surface area contributed by atoms with Gasteiger partial charge in [0.25, 0.3) is 26.0 Å². The Morgan fingerprint density at radius 3 is 1.74 bits per heavy atom. The number of ketones is 2. The summed E-state index contributed by atoms with van der Waals surface area (Å²) < 4.78 is 59.1. The number of sulfonamides is 2. The molecule has 0 unspecified atom stereocenters. The molecule has 4 aromatic carbocycles. The summed E-state index contributed by atoms with van der Waals surface area (Å²) in [5, 5.41) is 1.05. The second kappa shape index (κ2) is 18.2. The van der Waals surface area contributed by atoms with Gasteiger partial charge in [0.15, 0.2) is 17.3 Å². The summed E-state index contributed by atoms with van der Waals surface area (Å²) in [7, 11) is -7.08. The number of pyridine rings is 2. The van der Waals surface area contributed by atoms with E-state index in [2.05, 4.69) is 19.4 Å². The van der Waals surface area contributed by atoms with E-state index in [1.807, 2.05) is 20.8 Å². The zero-order chi connectivity index (χ0) is 44.1. The summed E-state index contributed by atoms with van der Waals surface area (Å²) in [4.78, 5) is 54.3. The molecule has 0 bridgehead atoms. The van der Waals surface area contributed by atoms with Crippen molar-refractivity contribution >= 4 is 72.1 Å². The molecule has 2 heterocycles. The molecule has 0 aliphatic rings. The minimum atomic E-state index is -4.23. The van der Waals surface area contributed by atoms with Crippen molar-refractivity contribution in [2.45, 2.75) is 48.8 Å². The maximum Gasteiger partial charge on any atom is 0.261 e. The van der Waals surface area contributed by atoms with Crippen molar-refractivity contribution in [1.82, 2.24) is 15.0 Å². The lowest BCUT2D eigenvalue weighted by Gasteiger charge is -2.22. The van der Waals surface area contributed by atoms with Gasteiger partial charge in [0.2, 0.25) is 0 Å². The first-order valence-electron chi connectivity index (χ1n) is 18.6. The highest BCUT2D eigenvalue weighted by atomic mass is 35.5. The van der Waals surface area contributed by atoms with Gasteiger partial charge in [0.1, 0.15) is 0 Å². The summed E-state index contributed by atoms with van der Waals surface area (Å²) in [6.07, 6.45) is 5.74. The molecule has 0 fully saturated rings. The average Bonchev–Trinajstić information content (AvgIpc) is 3.24. The number of anilines is 2. The molecule has 0 saturated heterocycles. The quantitative estimate of drug-likeness (QED) is 0.0749. The number of carbonyl (C=O) groups is 3. The molecule has 0 spiro atoms. The monoisotopic (exact) mass is 899 g/mol. The fourth-order valence-electron chi connectivity index (χ4n) is 6.03. The van der Waals surface area contributed by atoms with E-state index in [0.717, 1.165) is 10.6 Å². The molecular weight excluding hydrogens is 862 g/mol. The molecule has 13 nitrogen and oxygen atoms in total. The first-order chi connectivity index (χ1) is 28.8. The van der Waals surface area contributed by atoms with Gasteiger partial charge in [-0.1, -0.05) is 68.2 Å². The van der Waals surface area contributed by atoms with Crippen LogP contribution in [0.3, 0.4) is 0 Å². The van der Waals surface area contributed by atoms with Crippen LogP contribution in [0.2, 0.25) is 10.0 Å². The number of aromatic nitrogens is 2. The zero-order valence-electron chi connectivity index (χ0n) is 33.2. The van der Waals surface area contributed by atoms with Crippen LogP contribution in [-0.4, -0.2) is 56.4 Å². The summed E-state index contributed by atoms with van der Waals surface area (Å²) in [5.74, 6) is -1.92. The third kappa shape index (κ3) is 10.6. The van der Waals surface area contributed by atoms with Gasteiger partial charge in [-0.05, 0) is 102 Å². The number of carbonyl (C=O) groups excluding carboxylic acids is 3. The van der Waals surface area contributed by atoms with Crippen LogP contribution in [0.5, 0.6) is 5.75 Å². The Balaban J connectivity index is 1.18. The van der Waals surface area contributed by atoms with Gasteiger partial charge in [0.05, 0.1) is 31.8 Å². The van der Waals surface area contributed by atoms with E-state index in [1.54, 1.807) is 24.3 Å². The Hall–Kier alpha value is -6.13. The molecule has 17 heteroatoms. The van der Waals surface area contributed by atoms with Crippen molar-refractivity contribution in [2.75, 3.05) is 16.5 Å². The second-order valence-electron chi connectivity index (χ2n) is 14.7. The number of hydroxylamine groups is 2. The maximum absolute atomic E-state index is 14.0. The number of aryl methyl sites for hydroxylation is 1. The number of benzene rings is 4. The van der Waals surface area contributed by atoms with Crippen molar-refractivity contribution in [3.63, 3.8) is 0 Å². The highest BCUT2D eigenvalue weighted by molar-refractivity contribution is 7.93. The van der Waals surface area contributed by atoms with Crippen molar-refractivity contribution in [2.24, 2.45) is 0 Å². The molecule has 1 amide bonds. The van der Waals surface area contributed by atoms with Crippen molar-refractivity contribution < 1.29 is 36.1 Å². The number of rotatable bonds is 15. The van der Waals surface area contributed by atoms with Gasteiger partial charge >= 0.3 is 0 Å². The third-order valence-electron chi connectivity index (χ3n) is 9.41. The number of hydrogen-bond acceptors (Lipinski definition) is 10. The summed E-state index contributed by atoms with van der Waals surface area (Å²) in [6.45, 7) is 6.02. The van der Waals surface area contributed by atoms with Gasteiger partial charge in [-0.15, -0.1) is 0 Å². The predicted octanol–water partition coefficient (Wildman–Crippen LogP) is 8.53. The van der Waals surface area contributed by atoms with Crippen molar-refractivity contribution in [3.8, 4) is 5.75 Å². The van der Waals surface area contributed by atoms with Crippen LogP contribution in [0.4, 0.5) is 11.4 Å². The van der Waals surface area contributed by atoms with E-state index in [4.69, 9.17) is 28.0 Å². The minimum absolute atomic E-state index is 0.0310. The molecule has 61 heavy (non-hydrogen) atoms. The molecule has 0 radical (unpaired) electrons. The Morgan fingerprint density at radius 2 is 1.18 bits per heavy atom. The first kappa shape index (κ1) is 44.4. The maximum atomic E-state index is 14.0. The van der Waals surface area contributed by atoms with Crippen LogP contribution in [0.15, 0.2) is 138 Å². The molecule has 314 valence electrons. The number of nitrogens with one attached hydrogen (secondary N) is 2. The van der Waals surface area contributed by atoms with E-state index in [1.165, 1.54) is 111 Å². The van der Waals surface area contributed by atoms with Crippen LogP contribution >= 0.6 is 23.2 Å². The molecule has 0 saturated carbocycles. The van der Waals surface area contributed by atoms with Crippen LogP contribution < -0.4 is 14.3 Å². The second-order valence-corrected chi connectivity index (χ2v) is 18.9. The molecule has 0 atom stereocenters. The number of nitrogens with zero attached hydrogens (tertiary/aromatic N) is 3. The smallest absolute Gasteiger partial charge is 0.261 e. The largest absolute Gasteiger partial charge is 0.375 e. The summed E-state index contributed by atoms with van der Waals surface area (Å²) in [6, 6.07) is 25.0. The number of hydrogen-bond donors (Lipinski definition) is 2. The minimum Gasteiger partial charge on any atom is -0.375 e. The Kier molecular flexibility index (Phi) is 13.3. The van der Waals surface area contributed by atoms with E-state index < -0.39 is 37.5 Å². The summed E-state index contributed by atoms with van der Waals surface area (Å²) in [5.41, 5.74) is 1.46. The number of amides is 1. The first-order valence-corrected chi connectivity index (χ1v) is 22.3. The predicted molar refractivity (Wildman–Crippen MR) is 233 cm³/mol. The molecule has 2 N–H and O–H groups in total. The molecule has 0 aliphatic carbocycles. The van der Waals surface area contributed by atoms with E-state index in [0.29, 0.717) is 11.1 Å². The lowest BCUT2D eigenvalue weighted by Crippen LogP contribution is -2.31. The third-order valence-corrected chi connectivity index (χ3v) is 12.7. The number of halogens is 2. The van der Waals surface area contributed by atoms with Gasteiger partial charge in [-0.25, -0.2) is 16.8 Å². The van der Waals surface area contributed by atoms with Gasteiger partial charge in [-0.2, -0.15) is 5.06 Å². The Morgan fingerprint density at radius 1 is 0.672 bits per heavy atom. The lowest BCUT2D eigenvalue weighted by molar-refractivity contribution is -0.152. The van der Waals surface area contributed by atoms with Gasteiger partial charge < -0.3 is 4.84 Å². The van der Waals surface area contributed by atoms with E-state index >= 15 is 0 Å². The fourth-order valence-corrected chi connectivity index (χ4v) is 8.55. The molecule has 6 rings (SSSR count). The van der Waals surface area contributed by atoms with E-state index in [9.17, 15) is 31.2 Å². The summed E-state index contributed by atoms with van der Waals surface area (Å²) >= 11 is 12.7. The molecular formula is C44H39Cl2N5O8S2. The van der Waals surface area contributed by atoms with Crippen LogP contribution in [0, 0.1) is 0 Å². The highest BCUT2D eigenvalue weighted by Crippen LogP contribution is 2.38. The average molecular weight is 901 g/mol. The highest BCUT2D eigenvalue weighted by Gasteiger charge is 2.28. The fraction of sp³-hybridized carbons (Fsp3) is 0.159. The molecule has 0 aliphatic heterocycles. The standard InChI is InChI=1S/C44H39Cl2N5O8S2/c1-44(2,3)31-8-13-34(14-9-31)61(57,58)50-38-17-15-36(46)43(40(38)42(54)30-21-25-48-26-22-30)59-51(4)39(52)18-7-28-5-11-33(12-6-28)60(55,56)49-37-16-10-32(45)27-35(37)41(53)29-19-23-47-24-20-29/h5-6,8-17,19-27,49-50H,7,18H2,1-4H3. The Bertz CT molecular complexity index is 2820. The van der Waals surface area contributed by atoms with Crippen LogP contribution in [0.1, 0.15) is 70.2 Å². The van der Waals surface area contributed by atoms with Crippen LogP contribution in [0.25, 0.3) is 0 Å². The normalized spacial score (nSPS) is 11.7. The van der Waals surface area contributed by atoms with Gasteiger partial charge in [-0.3, -0.25) is 33.8 Å². The van der Waals surface area contributed by atoms with Crippen molar-refractivity contribution in [1.29, 1.82) is 0 Å². The zero-order valence-corrected chi connectivity index (χ0v) is 36.4. The SMILES string of the molecule is CN(Oc1c(Cl)ccc(NS(=O)(=O)c2ccc(C(C)(C)C)cc2)c1C(=O)c1ccncc1)C(=O)CCc1ccc(S(=O)(=O)Nc2ccc(Cl)cc2C(=O)c2ccncc2)cc1. The molecule has 6 aromatic rings.